The van der Waals surface area contributed by atoms with Crippen LogP contribution < -0.4 is 5.32 Å². The first-order chi connectivity index (χ1) is 9.69. The van der Waals surface area contributed by atoms with Gasteiger partial charge in [0.15, 0.2) is 0 Å². The van der Waals surface area contributed by atoms with Gasteiger partial charge in [-0.25, -0.2) is 4.79 Å². The molecule has 0 atom stereocenters. The molecule has 104 valence electrons. The third-order valence-corrected chi connectivity index (χ3v) is 3.22. The lowest BCUT2D eigenvalue weighted by Crippen LogP contribution is -2.15. The molecule has 2 rings (SSSR count). The van der Waals surface area contributed by atoms with Crippen molar-refractivity contribution in [2.24, 2.45) is 0 Å². The van der Waals surface area contributed by atoms with E-state index in [1.807, 2.05) is 0 Å². The second-order valence-corrected chi connectivity index (χ2v) is 4.77. The number of nitrogens with zero attached hydrogens (tertiary/aromatic N) is 1. The van der Waals surface area contributed by atoms with E-state index in [1.54, 1.807) is 30.3 Å². The van der Waals surface area contributed by atoms with Gasteiger partial charge in [-0.2, -0.15) is 5.26 Å². The van der Waals surface area contributed by atoms with Gasteiger partial charge in [-0.15, -0.1) is 0 Å². The summed E-state index contributed by atoms with van der Waals surface area (Å²) >= 11 is 0. The van der Waals surface area contributed by atoms with E-state index in [2.05, 4.69) is 5.32 Å². The predicted octanol–water partition coefficient (Wildman–Crippen LogP) is 2.64. The number of carbonyl (C=O) groups is 2. The molecule has 0 aromatic heterocycles. The van der Waals surface area contributed by atoms with Crippen LogP contribution in [0.25, 0.3) is 0 Å². The highest BCUT2D eigenvalue weighted by Gasteiger charge is 2.19. The number of hydrogen-bond acceptors (Lipinski definition) is 4. The van der Waals surface area contributed by atoms with Crippen molar-refractivity contribution >= 4 is 17.6 Å². The van der Waals surface area contributed by atoms with Gasteiger partial charge in [-0.1, -0.05) is 0 Å². The summed E-state index contributed by atoms with van der Waals surface area (Å²) in [4.78, 5) is 23.1. The maximum absolute atomic E-state index is 11.9. The number of amides is 1. The molecule has 0 saturated heterocycles. The zero-order chi connectivity index (χ0) is 14.4. The molecule has 0 radical (unpaired) electrons. The quantitative estimate of drug-likeness (QED) is 0.854. The summed E-state index contributed by atoms with van der Waals surface area (Å²) < 4.78 is 5.39. The van der Waals surface area contributed by atoms with Gasteiger partial charge in [0, 0.05) is 5.69 Å². The van der Waals surface area contributed by atoms with Gasteiger partial charge >= 0.3 is 5.97 Å². The maximum atomic E-state index is 11.9. The van der Waals surface area contributed by atoms with Crippen molar-refractivity contribution in [1.29, 1.82) is 5.26 Å². The van der Waals surface area contributed by atoms with E-state index in [9.17, 15) is 9.59 Å². The van der Waals surface area contributed by atoms with Crippen LogP contribution in [0.2, 0.25) is 0 Å². The molecule has 1 amide bonds. The summed E-state index contributed by atoms with van der Waals surface area (Å²) in [7, 11) is 0. The van der Waals surface area contributed by atoms with Crippen LogP contribution in [0.15, 0.2) is 24.3 Å². The Kier molecular flexibility index (Phi) is 4.72. The van der Waals surface area contributed by atoms with Crippen LogP contribution in [0.4, 0.5) is 5.69 Å². The molecular weight excluding hydrogens is 256 g/mol. The van der Waals surface area contributed by atoms with Crippen molar-refractivity contribution in [3.8, 4) is 6.07 Å². The topological polar surface area (TPSA) is 79.2 Å². The van der Waals surface area contributed by atoms with E-state index >= 15 is 0 Å². The molecule has 0 unspecified atom stereocenters. The van der Waals surface area contributed by atoms with Crippen LogP contribution in [-0.4, -0.2) is 18.0 Å². The molecule has 1 aromatic carbocycles. The highest BCUT2D eigenvalue weighted by molar-refractivity contribution is 5.93. The molecule has 1 aliphatic rings. The SMILES string of the molecule is N#CCC(=O)Nc1ccc(C(=O)OC2CCCC2)cc1. The smallest absolute Gasteiger partial charge is 0.338 e. The predicted molar refractivity (Wildman–Crippen MR) is 73.0 cm³/mol. The normalized spacial score (nSPS) is 14.6. The molecule has 0 spiro atoms. The van der Waals surface area contributed by atoms with Crippen molar-refractivity contribution in [3.63, 3.8) is 0 Å². The average Bonchev–Trinajstić information content (AvgIpc) is 2.92. The van der Waals surface area contributed by atoms with Gasteiger partial charge in [0.05, 0.1) is 11.6 Å². The Morgan fingerprint density at radius 3 is 2.50 bits per heavy atom. The molecule has 1 fully saturated rings. The van der Waals surface area contributed by atoms with Crippen LogP contribution in [0.3, 0.4) is 0 Å². The van der Waals surface area contributed by atoms with Gasteiger partial charge in [0.2, 0.25) is 5.91 Å². The summed E-state index contributed by atoms with van der Waals surface area (Å²) in [5.41, 5.74) is 1.03. The Morgan fingerprint density at radius 1 is 1.25 bits per heavy atom. The summed E-state index contributed by atoms with van der Waals surface area (Å²) in [6.07, 6.45) is 3.95. The molecule has 0 aliphatic heterocycles. The summed E-state index contributed by atoms with van der Waals surface area (Å²) in [6.45, 7) is 0. The Balaban J connectivity index is 1.91. The highest BCUT2D eigenvalue weighted by atomic mass is 16.5. The molecule has 20 heavy (non-hydrogen) atoms. The first-order valence-electron chi connectivity index (χ1n) is 6.67. The van der Waals surface area contributed by atoms with Crippen molar-refractivity contribution in [3.05, 3.63) is 29.8 Å². The molecular formula is C15H16N2O3. The molecule has 1 N–H and O–H groups in total. The standard InChI is InChI=1S/C15H16N2O3/c16-10-9-14(18)17-12-7-5-11(6-8-12)15(19)20-13-3-1-2-4-13/h5-8,13H,1-4,9H2,(H,17,18). The Bertz CT molecular complexity index is 525. The highest BCUT2D eigenvalue weighted by Crippen LogP contribution is 2.22. The van der Waals surface area contributed by atoms with Crippen molar-refractivity contribution in [2.45, 2.75) is 38.2 Å². The van der Waals surface area contributed by atoms with Gasteiger partial charge in [-0.05, 0) is 49.9 Å². The molecule has 0 heterocycles. The number of ether oxygens (including phenoxy) is 1. The Morgan fingerprint density at radius 2 is 1.90 bits per heavy atom. The third kappa shape index (κ3) is 3.82. The summed E-state index contributed by atoms with van der Waals surface area (Å²) in [6, 6.07) is 8.24. The molecule has 1 aromatic rings. The van der Waals surface area contributed by atoms with E-state index in [0.29, 0.717) is 11.3 Å². The largest absolute Gasteiger partial charge is 0.459 e. The maximum Gasteiger partial charge on any atom is 0.338 e. The Hall–Kier alpha value is -2.35. The molecule has 1 aliphatic carbocycles. The van der Waals surface area contributed by atoms with Crippen LogP contribution in [0.5, 0.6) is 0 Å². The van der Waals surface area contributed by atoms with E-state index < -0.39 is 0 Å². The number of hydrogen-bond donors (Lipinski definition) is 1. The number of nitriles is 1. The second kappa shape index (κ2) is 6.71. The molecule has 0 bridgehead atoms. The minimum absolute atomic E-state index is 0.0394. The van der Waals surface area contributed by atoms with Gasteiger partial charge in [0.25, 0.3) is 0 Å². The van der Waals surface area contributed by atoms with Gasteiger partial charge in [-0.3, -0.25) is 4.79 Å². The van der Waals surface area contributed by atoms with Gasteiger partial charge in [0.1, 0.15) is 12.5 Å². The summed E-state index contributed by atoms with van der Waals surface area (Å²) in [5.74, 6) is -0.694. The third-order valence-electron chi connectivity index (χ3n) is 3.22. The summed E-state index contributed by atoms with van der Waals surface area (Å²) in [5, 5.41) is 11.0. The van der Waals surface area contributed by atoms with E-state index in [4.69, 9.17) is 10.00 Å². The first kappa shape index (κ1) is 14.1. The molecule has 5 heteroatoms. The fraction of sp³-hybridized carbons (Fsp3) is 0.400. The zero-order valence-electron chi connectivity index (χ0n) is 11.1. The Labute approximate surface area is 117 Å². The number of nitrogens with one attached hydrogen (secondary N) is 1. The lowest BCUT2D eigenvalue weighted by molar-refractivity contribution is -0.115. The van der Waals surface area contributed by atoms with Crippen LogP contribution in [0, 0.1) is 11.3 Å². The number of esters is 1. The van der Waals surface area contributed by atoms with E-state index in [-0.39, 0.29) is 24.4 Å². The second-order valence-electron chi connectivity index (χ2n) is 4.77. The minimum Gasteiger partial charge on any atom is -0.459 e. The van der Waals surface area contributed by atoms with Crippen LogP contribution in [-0.2, 0) is 9.53 Å². The number of anilines is 1. The number of carbonyl (C=O) groups excluding carboxylic acids is 2. The zero-order valence-corrected chi connectivity index (χ0v) is 11.1. The lowest BCUT2D eigenvalue weighted by Gasteiger charge is -2.11. The fourth-order valence-corrected chi connectivity index (χ4v) is 2.19. The van der Waals surface area contributed by atoms with Gasteiger partial charge < -0.3 is 10.1 Å². The minimum atomic E-state index is -0.367. The van der Waals surface area contributed by atoms with Crippen molar-refractivity contribution in [1.82, 2.24) is 0 Å². The fourth-order valence-electron chi connectivity index (χ4n) is 2.19. The van der Waals surface area contributed by atoms with Crippen molar-refractivity contribution < 1.29 is 14.3 Å². The molecule has 5 nitrogen and oxygen atoms in total. The number of rotatable bonds is 4. The monoisotopic (exact) mass is 272 g/mol. The van der Waals surface area contributed by atoms with Crippen LogP contribution >= 0.6 is 0 Å². The van der Waals surface area contributed by atoms with E-state index in [0.717, 1.165) is 25.7 Å². The first-order valence-corrected chi connectivity index (χ1v) is 6.67. The average molecular weight is 272 g/mol. The van der Waals surface area contributed by atoms with E-state index in [1.165, 1.54) is 0 Å². The van der Waals surface area contributed by atoms with Crippen LogP contribution in [0.1, 0.15) is 42.5 Å². The van der Waals surface area contributed by atoms with Crippen molar-refractivity contribution in [2.75, 3.05) is 5.32 Å². The molecule has 1 saturated carbocycles. The lowest BCUT2D eigenvalue weighted by atomic mass is 10.2. The number of benzene rings is 1.